The van der Waals surface area contributed by atoms with Crippen molar-refractivity contribution in [2.45, 2.75) is 26.3 Å². The predicted octanol–water partition coefficient (Wildman–Crippen LogP) is 1.24. The van der Waals surface area contributed by atoms with Gasteiger partial charge >= 0.3 is 0 Å². The molecule has 0 aliphatic carbocycles. The summed E-state index contributed by atoms with van der Waals surface area (Å²) in [6.07, 6.45) is -1.23. The molecule has 14 heavy (non-hydrogen) atoms. The summed E-state index contributed by atoms with van der Waals surface area (Å²) < 4.78 is 0. The minimum Gasteiger partial charge on any atom is -0.530 e. The Morgan fingerprint density at radius 2 is 2.07 bits per heavy atom. The van der Waals surface area contributed by atoms with Gasteiger partial charge in [0.15, 0.2) is 0 Å². The number of carboxylic acid groups (broad SMARTS) is 1. The van der Waals surface area contributed by atoms with Crippen LogP contribution in [0.2, 0.25) is 0 Å². The number of nitrogens with one attached hydrogen (secondary N) is 1. The molecule has 0 saturated carbocycles. The van der Waals surface area contributed by atoms with E-state index in [0.717, 1.165) is 5.56 Å². The normalized spacial score (nSPS) is 10.2. The van der Waals surface area contributed by atoms with Crippen LogP contribution in [0, 0.1) is 0 Å². The van der Waals surface area contributed by atoms with Crippen molar-refractivity contribution in [1.29, 1.82) is 0 Å². The lowest BCUT2D eigenvalue weighted by Crippen LogP contribution is -2.36. The van der Waals surface area contributed by atoms with Gasteiger partial charge in [-0.15, -0.1) is 0 Å². The minimum absolute atomic E-state index is 0.316. The van der Waals surface area contributed by atoms with E-state index in [1.165, 1.54) is 5.56 Å². The molecular weight excluding hydrogens is 178 g/mol. The Kier molecular flexibility index (Phi) is 3.51. The van der Waals surface area contributed by atoms with E-state index < -0.39 is 6.09 Å². The summed E-state index contributed by atoms with van der Waals surface area (Å²) in [7, 11) is 0. The van der Waals surface area contributed by atoms with Gasteiger partial charge in [-0.05, 0) is 17.0 Å². The van der Waals surface area contributed by atoms with Gasteiger partial charge < -0.3 is 15.2 Å². The van der Waals surface area contributed by atoms with Gasteiger partial charge in [0.25, 0.3) is 0 Å². The second-order valence-corrected chi connectivity index (χ2v) is 3.49. The molecule has 1 rings (SSSR count). The number of hydrogen-bond donors (Lipinski definition) is 1. The lowest BCUT2D eigenvalue weighted by Gasteiger charge is -2.13. The maximum absolute atomic E-state index is 10.2. The third-order valence-electron chi connectivity index (χ3n) is 2.10. The third kappa shape index (κ3) is 2.76. The van der Waals surface area contributed by atoms with Crippen molar-refractivity contribution < 1.29 is 9.90 Å². The Hall–Kier alpha value is -1.51. The molecule has 0 aliphatic heterocycles. The molecule has 3 nitrogen and oxygen atoms in total. The quantitative estimate of drug-likeness (QED) is 0.783. The van der Waals surface area contributed by atoms with Crippen molar-refractivity contribution in [1.82, 2.24) is 5.32 Å². The van der Waals surface area contributed by atoms with E-state index in [1.807, 2.05) is 24.3 Å². The molecule has 1 aromatic rings. The zero-order valence-electron chi connectivity index (χ0n) is 8.41. The van der Waals surface area contributed by atoms with Crippen LogP contribution < -0.4 is 10.4 Å². The standard InChI is InChI=1S/C11H15NO2/c1-8(2)10-6-4-3-5-9(10)7-12-11(13)14/h3-6,8,12H,7H2,1-2H3,(H,13,14)/p-1. The second kappa shape index (κ2) is 4.65. The molecule has 0 fully saturated rings. The number of rotatable bonds is 3. The molecule has 0 aromatic heterocycles. The molecule has 0 saturated heterocycles. The van der Waals surface area contributed by atoms with Gasteiger partial charge in [-0.3, -0.25) is 0 Å². The summed E-state index contributed by atoms with van der Waals surface area (Å²) >= 11 is 0. The molecule has 3 heteroatoms. The molecule has 0 bridgehead atoms. The van der Waals surface area contributed by atoms with Crippen molar-refractivity contribution in [3.8, 4) is 0 Å². The first kappa shape index (κ1) is 10.6. The predicted molar refractivity (Wildman–Crippen MR) is 52.8 cm³/mol. The van der Waals surface area contributed by atoms with E-state index in [0.29, 0.717) is 12.5 Å². The van der Waals surface area contributed by atoms with Crippen molar-refractivity contribution >= 4 is 6.09 Å². The van der Waals surface area contributed by atoms with E-state index in [9.17, 15) is 9.90 Å². The van der Waals surface area contributed by atoms with Crippen molar-refractivity contribution in [3.63, 3.8) is 0 Å². The molecule has 1 N–H and O–H groups in total. The maximum atomic E-state index is 10.2. The number of hydrogen-bond acceptors (Lipinski definition) is 2. The van der Waals surface area contributed by atoms with Crippen molar-refractivity contribution in [3.05, 3.63) is 35.4 Å². The summed E-state index contributed by atoms with van der Waals surface area (Å²) in [5, 5.41) is 12.5. The Morgan fingerprint density at radius 1 is 1.43 bits per heavy atom. The van der Waals surface area contributed by atoms with Crippen molar-refractivity contribution in [2.24, 2.45) is 0 Å². The zero-order chi connectivity index (χ0) is 10.6. The number of benzene rings is 1. The number of amides is 1. The number of carbonyl (C=O) groups excluding carboxylic acids is 1. The fourth-order valence-corrected chi connectivity index (χ4v) is 1.43. The molecule has 0 heterocycles. The van der Waals surface area contributed by atoms with Gasteiger partial charge in [0.2, 0.25) is 0 Å². The Bertz CT molecular complexity index is 321. The first-order valence-electron chi connectivity index (χ1n) is 4.64. The van der Waals surface area contributed by atoms with Gasteiger partial charge in [0, 0.05) is 6.54 Å². The van der Waals surface area contributed by atoms with Crippen LogP contribution in [-0.4, -0.2) is 6.09 Å². The summed E-state index contributed by atoms with van der Waals surface area (Å²) in [5.74, 6) is 0.398. The van der Waals surface area contributed by atoms with Gasteiger partial charge in [-0.2, -0.15) is 0 Å². The largest absolute Gasteiger partial charge is 0.530 e. The molecular formula is C11H14NO2-. The van der Waals surface area contributed by atoms with Crippen LogP contribution in [0.1, 0.15) is 30.9 Å². The first-order chi connectivity index (χ1) is 6.61. The average molecular weight is 192 g/mol. The fraction of sp³-hybridized carbons (Fsp3) is 0.364. The van der Waals surface area contributed by atoms with Crippen LogP contribution in [-0.2, 0) is 6.54 Å². The van der Waals surface area contributed by atoms with Crippen LogP contribution in [0.15, 0.2) is 24.3 Å². The lowest BCUT2D eigenvalue weighted by molar-refractivity contribution is -0.251. The van der Waals surface area contributed by atoms with Crippen molar-refractivity contribution in [2.75, 3.05) is 0 Å². The molecule has 1 aromatic carbocycles. The zero-order valence-corrected chi connectivity index (χ0v) is 8.41. The highest BCUT2D eigenvalue weighted by Crippen LogP contribution is 2.18. The van der Waals surface area contributed by atoms with E-state index in [1.54, 1.807) is 0 Å². The monoisotopic (exact) mass is 192 g/mol. The third-order valence-corrected chi connectivity index (χ3v) is 2.10. The topological polar surface area (TPSA) is 52.2 Å². The molecule has 76 valence electrons. The Balaban J connectivity index is 2.79. The highest BCUT2D eigenvalue weighted by atomic mass is 16.4. The Morgan fingerprint density at radius 3 is 2.64 bits per heavy atom. The van der Waals surface area contributed by atoms with Crippen LogP contribution in [0.5, 0.6) is 0 Å². The molecule has 0 aliphatic rings. The number of carbonyl (C=O) groups is 1. The summed E-state index contributed by atoms with van der Waals surface area (Å²) in [6.45, 7) is 4.48. The highest BCUT2D eigenvalue weighted by Gasteiger charge is 2.04. The molecule has 0 unspecified atom stereocenters. The maximum Gasteiger partial charge on any atom is 0.134 e. The van der Waals surface area contributed by atoms with Crippen LogP contribution in [0.25, 0.3) is 0 Å². The minimum atomic E-state index is -1.23. The highest BCUT2D eigenvalue weighted by molar-refractivity contribution is 5.62. The van der Waals surface area contributed by atoms with Gasteiger partial charge in [-0.1, -0.05) is 38.1 Å². The summed E-state index contributed by atoms with van der Waals surface area (Å²) in [6, 6.07) is 7.79. The van der Waals surface area contributed by atoms with E-state index >= 15 is 0 Å². The molecule has 0 spiro atoms. The van der Waals surface area contributed by atoms with E-state index in [4.69, 9.17) is 0 Å². The van der Waals surface area contributed by atoms with Gasteiger partial charge in [-0.25, -0.2) is 0 Å². The van der Waals surface area contributed by atoms with Gasteiger partial charge in [0.1, 0.15) is 6.09 Å². The van der Waals surface area contributed by atoms with Crippen LogP contribution >= 0.6 is 0 Å². The first-order valence-corrected chi connectivity index (χ1v) is 4.64. The fourth-order valence-electron chi connectivity index (χ4n) is 1.43. The SMILES string of the molecule is CC(C)c1ccccc1CNC(=O)[O-]. The summed E-state index contributed by atoms with van der Waals surface area (Å²) in [5.41, 5.74) is 2.17. The second-order valence-electron chi connectivity index (χ2n) is 3.49. The van der Waals surface area contributed by atoms with Crippen LogP contribution in [0.3, 0.4) is 0 Å². The molecule has 0 radical (unpaired) electrons. The Labute approximate surface area is 83.8 Å². The van der Waals surface area contributed by atoms with Crippen LogP contribution in [0.4, 0.5) is 4.79 Å². The van der Waals surface area contributed by atoms with E-state index in [-0.39, 0.29) is 0 Å². The average Bonchev–Trinajstić information content (AvgIpc) is 2.15. The molecule has 0 atom stereocenters. The molecule has 1 amide bonds. The summed E-state index contributed by atoms with van der Waals surface area (Å²) in [4.78, 5) is 10.2. The van der Waals surface area contributed by atoms with Gasteiger partial charge in [0.05, 0.1) is 0 Å². The van der Waals surface area contributed by atoms with E-state index in [2.05, 4.69) is 19.2 Å². The smallest absolute Gasteiger partial charge is 0.134 e. The lowest BCUT2D eigenvalue weighted by atomic mass is 9.97.